The van der Waals surface area contributed by atoms with Crippen LogP contribution in [-0.4, -0.2) is 59.3 Å². The molecule has 1 atom stereocenters. The highest BCUT2D eigenvalue weighted by atomic mass is 19.1. The van der Waals surface area contributed by atoms with Crippen molar-refractivity contribution in [1.82, 2.24) is 15.1 Å². The van der Waals surface area contributed by atoms with E-state index in [0.717, 1.165) is 10.5 Å². The fourth-order valence-electron chi connectivity index (χ4n) is 5.43. The van der Waals surface area contributed by atoms with Gasteiger partial charge >= 0.3 is 12.1 Å². The van der Waals surface area contributed by atoms with Gasteiger partial charge in [-0.3, -0.25) is 14.4 Å². The topological polar surface area (TPSA) is 151 Å². The number of imide groups is 1. The number of hydrogen-bond acceptors (Lipinski definition) is 6. The summed E-state index contributed by atoms with van der Waals surface area (Å²) in [7, 11) is 1.49. The molecule has 1 saturated heterocycles. The lowest BCUT2D eigenvalue weighted by atomic mass is 9.78. The van der Waals surface area contributed by atoms with E-state index in [9.17, 15) is 28.4 Å². The fourth-order valence-corrected chi connectivity index (χ4v) is 5.43. The van der Waals surface area contributed by atoms with Crippen molar-refractivity contribution in [3.8, 4) is 0 Å². The number of ether oxygens (including phenoxy) is 1. The monoisotopic (exact) mass is 537 g/mol. The lowest BCUT2D eigenvalue weighted by molar-refractivity contribution is -0.145. The van der Waals surface area contributed by atoms with Crippen LogP contribution in [0.2, 0.25) is 0 Å². The number of hydrogen-bond donors (Lipinski definition) is 3. The third-order valence-corrected chi connectivity index (χ3v) is 7.68. The Balaban J connectivity index is 1.34. The van der Waals surface area contributed by atoms with Crippen molar-refractivity contribution in [1.29, 1.82) is 0 Å². The molecule has 2 aromatic rings. The normalized spacial score (nSPS) is 23.2. The maximum absolute atomic E-state index is 13.6. The van der Waals surface area contributed by atoms with Crippen LogP contribution in [0.15, 0.2) is 42.5 Å². The van der Waals surface area contributed by atoms with Crippen molar-refractivity contribution in [2.24, 2.45) is 11.7 Å². The predicted octanol–water partition coefficient (Wildman–Crippen LogP) is 1.99. The quantitative estimate of drug-likeness (QED) is 0.491. The number of carbonyl (C=O) groups is 5. The Morgan fingerprint density at radius 3 is 2.54 bits per heavy atom. The number of nitrogens with two attached hydrogens (primary N) is 1. The summed E-state index contributed by atoms with van der Waals surface area (Å²) in [6.07, 6.45) is 0.462. The van der Waals surface area contributed by atoms with E-state index in [1.807, 2.05) is 0 Å². The van der Waals surface area contributed by atoms with E-state index in [0.29, 0.717) is 36.1 Å². The maximum Gasteiger partial charge on any atom is 0.418 e. The first-order valence-electron chi connectivity index (χ1n) is 12.6. The number of carbonyl (C=O) groups excluding carboxylic acids is 5. The summed E-state index contributed by atoms with van der Waals surface area (Å²) in [6.45, 7) is -0.425. The maximum atomic E-state index is 13.6. The minimum Gasteiger partial charge on any atom is -0.427 e. The molecule has 2 aromatic carbocycles. The van der Waals surface area contributed by atoms with E-state index in [4.69, 9.17) is 10.5 Å². The second-order valence-electron chi connectivity index (χ2n) is 10.0. The number of urea groups is 1. The van der Waals surface area contributed by atoms with Crippen molar-refractivity contribution < 1.29 is 33.1 Å². The molecular weight excluding hydrogens is 509 g/mol. The minimum atomic E-state index is -1.53. The number of halogens is 1. The van der Waals surface area contributed by atoms with E-state index < -0.39 is 47.8 Å². The number of rotatable bonds is 7. The fraction of sp³-hybridized carbons (Fsp3) is 0.370. The molecule has 0 radical (unpaired) electrons. The molecule has 1 saturated carbocycles. The average Bonchev–Trinajstić information content (AvgIpc) is 3.35. The van der Waals surface area contributed by atoms with Gasteiger partial charge in [-0.1, -0.05) is 18.2 Å². The first-order chi connectivity index (χ1) is 18.6. The molecular formula is C27H28FN5O6. The molecule has 6 amide bonds. The summed E-state index contributed by atoms with van der Waals surface area (Å²) in [5.41, 5.74) is 6.32. The van der Waals surface area contributed by atoms with E-state index in [1.54, 1.807) is 30.3 Å². The van der Waals surface area contributed by atoms with Crippen LogP contribution in [-0.2, 0) is 37.7 Å². The smallest absolute Gasteiger partial charge is 0.418 e. The van der Waals surface area contributed by atoms with E-state index >= 15 is 0 Å². The van der Waals surface area contributed by atoms with Gasteiger partial charge in [-0.2, -0.15) is 0 Å². The van der Waals surface area contributed by atoms with Crippen LogP contribution in [0.4, 0.5) is 19.7 Å². The molecule has 5 rings (SSSR count). The summed E-state index contributed by atoms with van der Waals surface area (Å²) in [5, 5.41) is 5.13. The average molecular weight is 538 g/mol. The molecule has 0 bridgehead atoms. The Kier molecular flexibility index (Phi) is 6.71. The van der Waals surface area contributed by atoms with Crippen LogP contribution in [0, 0.1) is 11.7 Å². The molecule has 0 unspecified atom stereocenters. The van der Waals surface area contributed by atoms with Gasteiger partial charge in [0.05, 0.1) is 0 Å². The first-order valence-corrected chi connectivity index (χ1v) is 12.6. The number of benzene rings is 2. The van der Waals surface area contributed by atoms with Gasteiger partial charge in [-0.15, -0.1) is 0 Å². The Hall–Kier alpha value is -4.48. The molecule has 1 heterocycles. The van der Waals surface area contributed by atoms with Gasteiger partial charge in [0.15, 0.2) is 0 Å². The van der Waals surface area contributed by atoms with Gasteiger partial charge in [0.1, 0.15) is 12.4 Å². The van der Waals surface area contributed by atoms with Gasteiger partial charge < -0.3 is 26.0 Å². The highest BCUT2D eigenvalue weighted by Crippen LogP contribution is 2.46. The second kappa shape index (κ2) is 10.0. The molecule has 1 spiro atoms. The Morgan fingerprint density at radius 2 is 1.87 bits per heavy atom. The van der Waals surface area contributed by atoms with Crippen molar-refractivity contribution in [3.05, 3.63) is 65.0 Å². The van der Waals surface area contributed by atoms with Crippen molar-refractivity contribution in [3.63, 3.8) is 0 Å². The van der Waals surface area contributed by atoms with Gasteiger partial charge in [-0.25, -0.2) is 18.9 Å². The van der Waals surface area contributed by atoms with Crippen LogP contribution < -0.4 is 16.4 Å². The number of nitrogens with one attached hydrogen (secondary N) is 2. The molecule has 204 valence electrons. The van der Waals surface area contributed by atoms with Gasteiger partial charge in [0.25, 0.3) is 5.91 Å². The van der Waals surface area contributed by atoms with Crippen LogP contribution in [0.5, 0.6) is 0 Å². The number of primary amides is 1. The summed E-state index contributed by atoms with van der Waals surface area (Å²) in [6, 6.07) is 9.93. The second-order valence-corrected chi connectivity index (χ2v) is 10.0. The zero-order valence-corrected chi connectivity index (χ0v) is 21.2. The third kappa shape index (κ3) is 4.77. The van der Waals surface area contributed by atoms with Crippen LogP contribution in [0.1, 0.15) is 36.0 Å². The zero-order chi connectivity index (χ0) is 27.9. The predicted molar refractivity (Wildman–Crippen MR) is 135 cm³/mol. The highest BCUT2D eigenvalue weighted by Gasteiger charge is 2.58. The van der Waals surface area contributed by atoms with Crippen LogP contribution in [0.25, 0.3) is 0 Å². The highest BCUT2D eigenvalue weighted by molar-refractivity contribution is 6.06. The number of aryl methyl sites for hydroxylation is 1. The third-order valence-electron chi connectivity index (χ3n) is 7.68. The van der Waals surface area contributed by atoms with Gasteiger partial charge in [0.2, 0.25) is 17.4 Å². The number of anilines is 1. The van der Waals surface area contributed by atoms with Crippen LogP contribution in [0.3, 0.4) is 0 Å². The van der Waals surface area contributed by atoms with Crippen LogP contribution >= 0.6 is 0 Å². The van der Waals surface area contributed by atoms with Crippen molar-refractivity contribution >= 4 is 35.5 Å². The standard InChI is InChI=1S/C27H28FN5O6/c1-30-25(37)31-19-6-7-21-16(10-19)8-9-27(21)24(36)33(26(38)39-27)14-22(34)32(20-11-17(12-20)23(29)35)13-15-2-4-18(28)5-3-15/h2-7,10,17,20H,8-9,11-14H2,1H3,(H2,29,35)(H2,30,31,37)/t17?,20?,27-/m1/s1. The summed E-state index contributed by atoms with van der Waals surface area (Å²) >= 11 is 0. The molecule has 2 fully saturated rings. The Labute approximate surface area is 223 Å². The molecule has 11 nitrogen and oxygen atoms in total. The number of amides is 6. The van der Waals surface area contributed by atoms with E-state index in [1.165, 1.54) is 24.1 Å². The van der Waals surface area contributed by atoms with E-state index in [-0.39, 0.29) is 24.9 Å². The van der Waals surface area contributed by atoms with Crippen molar-refractivity contribution in [2.75, 3.05) is 18.9 Å². The molecule has 2 aliphatic carbocycles. The largest absolute Gasteiger partial charge is 0.427 e. The summed E-state index contributed by atoms with van der Waals surface area (Å²) in [5.74, 6) is -2.36. The molecule has 0 aromatic heterocycles. The summed E-state index contributed by atoms with van der Waals surface area (Å²) in [4.78, 5) is 65.5. The molecule has 1 aliphatic heterocycles. The Morgan fingerprint density at radius 1 is 1.15 bits per heavy atom. The number of fused-ring (bicyclic) bond motifs is 2. The first kappa shape index (κ1) is 26.1. The SMILES string of the molecule is CNC(=O)Nc1ccc2c(c1)CC[C@@]21OC(=O)N(CC(=O)N(Cc2ccc(F)cc2)C2CC(C(N)=O)C2)C1=O. The molecule has 3 aliphatic rings. The lowest BCUT2D eigenvalue weighted by Crippen LogP contribution is -2.53. The molecule has 4 N–H and O–H groups in total. The zero-order valence-electron chi connectivity index (χ0n) is 21.2. The molecule has 12 heteroatoms. The van der Waals surface area contributed by atoms with Gasteiger partial charge in [0, 0.05) is 43.2 Å². The van der Waals surface area contributed by atoms with Gasteiger partial charge in [-0.05, 0) is 54.7 Å². The lowest BCUT2D eigenvalue weighted by Gasteiger charge is -2.42. The molecule has 39 heavy (non-hydrogen) atoms. The summed E-state index contributed by atoms with van der Waals surface area (Å²) < 4.78 is 19.0. The minimum absolute atomic E-state index is 0.113. The van der Waals surface area contributed by atoms with Crippen molar-refractivity contribution in [2.45, 2.75) is 43.9 Å². The number of nitrogens with zero attached hydrogens (tertiary/aromatic N) is 2. The van der Waals surface area contributed by atoms with E-state index in [2.05, 4.69) is 10.6 Å². The Bertz CT molecular complexity index is 1360.